The molecule has 0 saturated carbocycles. The molecule has 94 valence electrons. The highest BCUT2D eigenvalue weighted by Crippen LogP contribution is 2.25. The Bertz CT molecular complexity index is 520. The maximum absolute atomic E-state index is 4.56. The molecule has 6 heteroatoms. The van der Waals surface area contributed by atoms with E-state index in [-0.39, 0.29) is 0 Å². The number of pyridine rings is 2. The lowest BCUT2D eigenvalue weighted by atomic mass is 10.2. The van der Waals surface area contributed by atoms with Crippen LogP contribution in [0.25, 0.3) is 11.4 Å². The van der Waals surface area contributed by atoms with Gasteiger partial charge < -0.3 is 0 Å². The molecule has 2 nitrogen and oxygen atoms in total. The zero-order valence-corrected chi connectivity index (χ0v) is 15.5. The third-order valence-electron chi connectivity index (χ3n) is 2.22. The van der Waals surface area contributed by atoms with E-state index in [2.05, 4.69) is 73.7 Å². The molecule has 0 aliphatic carbocycles. The normalized spacial score (nSPS) is 10.7. The van der Waals surface area contributed by atoms with Crippen LogP contribution in [0.5, 0.6) is 0 Å². The third kappa shape index (κ3) is 3.62. The maximum Gasteiger partial charge on any atom is 0.0901 e. The fraction of sp³-hybridized carbons (Fsp3) is 0.167. The molecule has 0 saturated heterocycles. The Kier molecular flexibility index (Phi) is 5.35. The second-order valence-electron chi connectivity index (χ2n) is 3.59. The molecule has 0 aliphatic heterocycles. The maximum atomic E-state index is 4.56. The van der Waals surface area contributed by atoms with Crippen molar-refractivity contribution in [2.75, 3.05) is 0 Å². The van der Waals surface area contributed by atoms with Crippen LogP contribution < -0.4 is 0 Å². The van der Waals surface area contributed by atoms with Crippen molar-refractivity contribution in [3.05, 3.63) is 44.6 Å². The van der Waals surface area contributed by atoms with Crippen LogP contribution in [0.4, 0.5) is 0 Å². The van der Waals surface area contributed by atoms with E-state index in [1.807, 2.05) is 24.3 Å². The molecular formula is C12H8Br4N2. The molecule has 0 atom stereocenters. The van der Waals surface area contributed by atoms with Crippen LogP contribution in [-0.2, 0) is 10.7 Å². The molecule has 0 bridgehead atoms. The molecule has 0 aliphatic rings. The van der Waals surface area contributed by atoms with Crippen molar-refractivity contribution in [2.24, 2.45) is 0 Å². The molecule has 0 aromatic carbocycles. The van der Waals surface area contributed by atoms with Gasteiger partial charge >= 0.3 is 0 Å². The Hall–Kier alpha value is 0.220. The van der Waals surface area contributed by atoms with Crippen LogP contribution in [0.3, 0.4) is 0 Å². The molecule has 2 aromatic rings. The smallest absolute Gasteiger partial charge is 0.0901 e. The van der Waals surface area contributed by atoms with Gasteiger partial charge in [-0.15, -0.1) is 0 Å². The largest absolute Gasteiger partial charge is 0.250 e. The van der Waals surface area contributed by atoms with Crippen molar-refractivity contribution < 1.29 is 0 Å². The standard InChI is InChI=1S/C12H8Br4N2/c13-5-9-1-7(15)3-11(17-9)12-4-8(16)2-10(6-14)18-12/h1-4H,5-6H2. The van der Waals surface area contributed by atoms with E-state index in [1.165, 1.54) is 0 Å². The van der Waals surface area contributed by atoms with Crippen LogP contribution >= 0.6 is 63.7 Å². The summed E-state index contributed by atoms with van der Waals surface area (Å²) in [5, 5.41) is 1.44. The van der Waals surface area contributed by atoms with Gasteiger partial charge in [0.2, 0.25) is 0 Å². The number of halogens is 4. The Balaban J connectivity index is 2.53. The van der Waals surface area contributed by atoms with E-state index in [0.717, 1.165) is 42.4 Å². The third-order valence-corrected chi connectivity index (χ3v) is 4.29. The second kappa shape index (κ2) is 6.59. The molecular weight excluding hydrogens is 492 g/mol. The highest BCUT2D eigenvalue weighted by molar-refractivity contribution is 9.11. The van der Waals surface area contributed by atoms with E-state index in [9.17, 15) is 0 Å². The zero-order valence-electron chi connectivity index (χ0n) is 9.13. The first-order chi connectivity index (χ1) is 8.62. The number of hydrogen-bond donors (Lipinski definition) is 0. The fourth-order valence-electron chi connectivity index (χ4n) is 1.50. The molecule has 2 aromatic heterocycles. The Labute approximate surface area is 139 Å². The first-order valence-electron chi connectivity index (χ1n) is 5.07. The zero-order chi connectivity index (χ0) is 13.1. The highest BCUT2D eigenvalue weighted by atomic mass is 79.9. The van der Waals surface area contributed by atoms with E-state index < -0.39 is 0 Å². The molecule has 0 spiro atoms. The summed E-state index contributed by atoms with van der Waals surface area (Å²) >= 11 is 13.8. The Morgan fingerprint density at radius 3 is 1.44 bits per heavy atom. The summed E-state index contributed by atoms with van der Waals surface area (Å²) in [6.07, 6.45) is 0. The number of hydrogen-bond acceptors (Lipinski definition) is 2. The Morgan fingerprint density at radius 1 is 0.722 bits per heavy atom. The van der Waals surface area contributed by atoms with Gasteiger partial charge in [0.1, 0.15) is 0 Å². The van der Waals surface area contributed by atoms with Gasteiger partial charge in [0.05, 0.1) is 22.8 Å². The van der Waals surface area contributed by atoms with Crippen molar-refractivity contribution >= 4 is 63.7 Å². The van der Waals surface area contributed by atoms with Crippen LogP contribution in [0, 0.1) is 0 Å². The quantitative estimate of drug-likeness (QED) is 0.524. The minimum Gasteiger partial charge on any atom is -0.250 e. The highest BCUT2D eigenvalue weighted by Gasteiger charge is 2.07. The SMILES string of the molecule is BrCc1cc(Br)cc(-c2cc(Br)cc(CBr)n2)n1. The predicted octanol–water partition coefficient (Wildman–Crippen LogP) is 5.46. The van der Waals surface area contributed by atoms with Gasteiger partial charge in [0.15, 0.2) is 0 Å². The van der Waals surface area contributed by atoms with Crippen LogP contribution in [0.1, 0.15) is 11.4 Å². The summed E-state index contributed by atoms with van der Waals surface area (Å²) in [5.41, 5.74) is 3.67. The summed E-state index contributed by atoms with van der Waals surface area (Å²) in [6.45, 7) is 0. The summed E-state index contributed by atoms with van der Waals surface area (Å²) < 4.78 is 2.01. The predicted molar refractivity (Wildman–Crippen MR) is 88.1 cm³/mol. The molecule has 18 heavy (non-hydrogen) atoms. The van der Waals surface area contributed by atoms with Crippen LogP contribution in [0.15, 0.2) is 33.2 Å². The molecule has 2 rings (SSSR count). The lowest BCUT2D eigenvalue weighted by Crippen LogP contribution is -1.94. The van der Waals surface area contributed by atoms with Crippen LogP contribution in [-0.4, -0.2) is 9.97 Å². The van der Waals surface area contributed by atoms with E-state index >= 15 is 0 Å². The van der Waals surface area contributed by atoms with Crippen molar-refractivity contribution in [3.63, 3.8) is 0 Å². The number of rotatable bonds is 3. The molecule has 0 unspecified atom stereocenters. The minimum atomic E-state index is 0.721. The van der Waals surface area contributed by atoms with Gasteiger partial charge in [-0.1, -0.05) is 63.7 Å². The van der Waals surface area contributed by atoms with Crippen LogP contribution in [0.2, 0.25) is 0 Å². The first kappa shape index (κ1) is 14.6. The van der Waals surface area contributed by atoms with Crippen molar-refractivity contribution in [1.82, 2.24) is 9.97 Å². The fourth-order valence-corrected chi connectivity index (χ4v) is 3.04. The molecule has 0 radical (unpaired) electrons. The average molecular weight is 500 g/mol. The van der Waals surface area contributed by atoms with Gasteiger partial charge in [-0.25, -0.2) is 0 Å². The monoisotopic (exact) mass is 496 g/mol. The molecule has 2 heterocycles. The average Bonchev–Trinajstić information content (AvgIpc) is 2.37. The Morgan fingerprint density at radius 2 is 1.11 bits per heavy atom. The number of nitrogens with zero attached hydrogens (tertiary/aromatic N) is 2. The molecule has 0 amide bonds. The number of alkyl halides is 2. The molecule has 0 N–H and O–H groups in total. The molecule has 0 fully saturated rings. The summed E-state index contributed by atoms with van der Waals surface area (Å²) in [4.78, 5) is 9.13. The summed E-state index contributed by atoms with van der Waals surface area (Å²) in [7, 11) is 0. The summed E-state index contributed by atoms with van der Waals surface area (Å²) in [6, 6.07) is 7.92. The van der Waals surface area contributed by atoms with Crippen molar-refractivity contribution in [2.45, 2.75) is 10.7 Å². The lowest BCUT2D eigenvalue weighted by Gasteiger charge is -2.06. The minimum absolute atomic E-state index is 0.721. The summed E-state index contributed by atoms with van der Waals surface area (Å²) in [5.74, 6) is 0. The van der Waals surface area contributed by atoms with Gasteiger partial charge in [0.25, 0.3) is 0 Å². The van der Waals surface area contributed by atoms with Crippen molar-refractivity contribution in [3.8, 4) is 11.4 Å². The number of aromatic nitrogens is 2. The van der Waals surface area contributed by atoms with Gasteiger partial charge in [-0.05, 0) is 24.3 Å². The van der Waals surface area contributed by atoms with Gasteiger partial charge in [-0.3, -0.25) is 9.97 Å². The van der Waals surface area contributed by atoms with Gasteiger partial charge in [0, 0.05) is 19.6 Å². The first-order valence-corrected chi connectivity index (χ1v) is 8.90. The van der Waals surface area contributed by atoms with Gasteiger partial charge in [-0.2, -0.15) is 0 Å². The second-order valence-corrected chi connectivity index (χ2v) is 6.54. The van der Waals surface area contributed by atoms with E-state index in [1.54, 1.807) is 0 Å². The topological polar surface area (TPSA) is 25.8 Å². The lowest BCUT2D eigenvalue weighted by molar-refractivity contribution is 1.12. The van der Waals surface area contributed by atoms with E-state index in [4.69, 9.17) is 0 Å². The van der Waals surface area contributed by atoms with Crippen molar-refractivity contribution in [1.29, 1.82) is 0 Å². The van der Waals surface area contributed by atoms with E-state index in [0.29, 0.717) is 0 Å².